The van der Waals surface area contributed by atoms with Crippen molar-refractivity contribution in [1.29, 1.82) is 0 Å². The summed E-state index contributed by atoms with van der Waals surface area (Å²) in [6, 6.07) is 17.1. The predicted octanol–water partition coefficient (Wildman–Crippen LogP) is 5.59. The molecule has 0 amide bonds. The van der Waals surface area contributed by atoms with Crippen molar-refractivity contribution in [1.82, 2.24) is 15.5 Å². The second kappa shape index (κ2) is 10.3. The molecule has 1 heterocycles. The maximum atomic E-state index is 11.8. The van der Waals surface area contributed by atoms with Gasteiger partial charge in [-0.1, -0.05) is 55.4 Å². The monoisotopic (exact) mass is 447 g/mol. The Morgan fingerprint density at radius 3 is 2.36 bits per heavy atom. The number of aromatic nitrogens is 2. The molecule has 0 radical (unpaired) electrons. The number of carbonyl (C=O) groups excluding carboxylic acids is 1. The van der Waals surface area contributed by atoms with Gasteiger partial charge in [-0.25, -0.2) is 0 Å². The fourth-order valence-electron chi connectivity index (χ4n) is 4.29. The quantitative estimate of drug-likeness (QED) is 0.431. The van der Waals surface area contributed by atoms with E-state index in [0.29, 0.717) is 30.3 Å². The van der Waals surface area contributed by atoms with Crippen molar-refractivity contribution in [2.45, 2.75) is 59.0 Å². The van der Waals surface area contributed by atoms with E-state index in [9.17, 15) is 4.79 Å². The molecule has 0 aliphatic heterocycles. The summed E-state index contributed by atoms with van der Waals surface area (Å²) < 4.78 is 10.6. The second-order valence-corrected chi connectivity index (χ2v) is 9.35. The largest absolute Gasteiger partial charge is 0.466 e. The van der Waals surface area contributed by atoms with Gasteiger partial charge in [-0.3, -0.25) is 4.79 Å². The summed E-state index contributed by atoms with van der Waals surface area (Å²) in [6.45, 7) is 8.87. The van der Waals surface area contributed by atoms with Crippen LogP contribution < -0.4 is 5.32 Å². The highest BCUT2D eigenvalue weighted by Gasteiger charge is 2.36. The molecule has 1 aromatic heterocycles. The van der Waals surface area contributed by atoms with Crippen LogP contribution in [0.15, 0.2) is 53.1 Å². The first-order valence-electron chi connectivity index (χ1n) is 11.9. The Balaban J connectivity index is 1.34. The fraction of sp³-hybridized carbons (Fsp3) is 0.444. The van der Waals surface area contributed by atoms with E-state index in [-0.39, 0.29) is 17.9 Å². The van der Waals surface area contributed by atoms with Gasteiger partial charge >= 0.3 is 5.97 Å². The lowest BCUT2D eigenvalue weighted by molar-refractivity contribution is -0.151. The Hall–Kier alpha value is -2.99. The zero-order valence-electron chi connectivity index (χ0n) is 19.9. The van der Waals surface area contributed by atoms with Crippen molar-refractivity contribution >= 4 is 5.97 Å². The molecule has 1 aliphatic carbocycles. The van der Waals surface area contributed by atoms with Crippen molar-refractivity contribution in [3.63, 3.8) is 0 Å². The number of carbonyl (C=O) groups is 1. The maximum absolute atomic E-state index is 11.8. The first-order chi connectivity index (χ1) is 15.9. The normalized spacial score (nSPS) is 18.7. The van der Waals surface area contributed by atoms with Gasteiger partial charge in [0.25, 0.3) is 5.89 Å². The van der Waals surface area contributed by atoms with Gasteiger partial charge in [0, 0.05) is 23.2 Å². The molecule has 1 atom stereocenters. The Kier molecular flexibility index (Phi) is 7.23. The van der Waals surface area contributed by atoms with Crippen LogP contribution in [0, 0.1) is 11.8 Å². The van der Waals surface area contributed by atoms with Crippen LogP contribution >= 0.6 is 0 Å². The van der Waals surface area contributed by atoms with Crippen LogP contribution in [-0.4, -0.2) is 28.8 Å². The molecule has 1 saturated carbocycles. The van der Waals surface area contributed by atoms with Gasteiger partial charge in [-0.05, 0) is 62.3 Å². The third kappa shape index (κ3) is 5.69. The Bertz CT molecular complexity index is 1050. The van der Waals surface area contributed by atoms with Crippen LogP contribution in [0.3, 0.4) is 0 Å². The van der Waals surface area contributed by atoms with Gasteiger partial charge in [-0.15, -0.1) is 0 Å². The van der Waals surface area contributed by atoms with Gasteiger partial charge in [-0.2, -0.15) is 4.98 Å². The molecule has 0 bridgehead atoms. The molecule has 3 aromatic rings. The number of hydrogen-bond acceptors (Lipinski definition) is 6. The summed E-state index contributed by atoms with van der Waals surface area (Å²) in [5.41, 5.74) is 4.34. The van der Waals surface area contributed by atoms with E-state index in [1.165, 1.54) is 11.1 Å². The summed E-state index contributed by atoms with van der Waals surface area (Å²) >= 11 is 0. The minimum absolute atomic E-state index is 0.0378. The van der Waals surface area contributed by atoms with Crippen molar-refractivity contribution < 1.29 is 14.1 Å². The molecule has 0 unspecified atom stereocenters. The minimum Gasteiger partial charge on any atom is -0.466 e. The van der Waals surface area contributed by atoms with Crippen LogP contribution in [0.4, 0.5) is 0 Å². The summed E-state index contributed by atoms with van der Waals surface area (Å²) in [5, 5.41) is 7.78. The van der Waals surface area contributed by atoms with Crippen molar-refractivity contribution in [3.8, 4) is 22.8 Å². The topological polar surface area (TPSA) is 77.2 Å². The van der Waals surface area contributed by atoms with Gasteiger partial charge in [0.1, 0.15) is 0 Å². The average Bonchev–Trinajstić information content (AvgIpc) is 3.26. The maximum Gasteiger partial charge on any atom is 0.309 e. The summed E-state index contributed by atoms with van der Waals surface area (Å²) in [7, 11) is 0. The highest BCUT2D eigenvalue weighted by atomic mass is 16.5. The first-order valence-corrected chi connectivity index (χ1v) is 11.9. The third-order valence-electron chi connectivity index (χ3n) is 6.18. The number of rotatable bonds is 9. The molecule has 1 fully saturated rings. The fourth-order valence-corrected chi connectivity index (χ4v) is 4.29. The van der Waals surface area contributed by atoms with Crippen LogP contribution in [0.5, 0.6) is 0 Å². The van der Waals surface area contributed by atoms with E-state index >= 15 is 0 Å². The van der Waals surface area contributed by atoms with E-state index < -0.39 is 0 Å². The van der Waals surface area contributed by atoms with Crippen molar-refractivity contribution in [2.24, 2.45) is 11.8 Å². The van der Waals surface area contributed by atoms with Crippen LogP contribution in [-0.2, 0) is 16.0 Å². The van der Waals surface area contributed by atoms with Gasteiger partial charge in [0.15, 0.2) is 0 Å². The van der Waals surface area contributed by atoms with E-state index in [2.05, 4.69) is 60.5 Å². The summed E-state index contributed by atoms with van der Waals surface area (Å²) in [5.74, 6) is 1.71. The summed E-state index contributed by atoms with van der Waals surface area (Å²) in [4.78, 5) is 16.4. The Morgan fingerprint density at radius 2 is 1.73 bits per heavy atom. The summed E-state index contributed by atoms with van der Waals surface area (Å²) in [6.07, 6.45) is 2.73. The lowest BCUT2D eigenvalue weighted by Crippen LogP contribution is -2.45. The van der Waals surface area contributed by atoms with Crippen molar-refractivity contribution in [2.75, 3.05) is 6.61 Å². The third-order valence-corrected chi connectivity index (χ3v) is 6.18. The van der Waals surface area contributed by atoms with Gasteiger partial charge in [0.05, 0.1) is 12.5 Å². The molecule has 0 saturated heterocycles. The minimum atomic E-state index is -0.0708. The van der Waals surface area contributed by atoms with Crippen LogP contribution in [0.2, 0.25) is 0 Å². The highest BCUT2D eigenvalue weighted by Crippen LogP contribution is 2.31. The van der Waals surface area contributed by atoms with E-state index in [0.717, 1.165) is 30.4 Å². The molecule has 1 aliphatic rings. The number of nitrogens with zero attached hydrogens (tertiary/aromatic N) is 2. The second-order valence-electron chi connectivity index (χ2n) is 9.35. The molecule has 4 rings (SSSR count). The standard InChI is InChI=1S/C27H33N3O3/c1-5-32-27(31)23-15-24(16-23)28-18(4)20-10-12-21(13-11-20)25-29-26(33-30-25)22-8-6-19(7-9-22)14-17(2)3/h6-13,17-18,23-24,28H,5,14-16H2,1-4H3/t18-,23?,24?/m0/s1. The highest BCUT2D eigenvalue weighted by molar-refractivity contribution is 5.73. The molecule has 2 aromatic carbocycles. The molecule has 33 heavy (non-hydrogen) atoms. The van der Waals surface area contributed by atoms with Gasteiger partial charge in [0.2, 0.25) is 5.82 Å². The number of hydrogen-bond donors (Lipinski definition) is 1. The van der Waals surface area contributed by atoms with Crippen LogP contribution in [0.25, 0.3) is 22.8 Å². The van der Waals surface area contributed by atoms with Crippen LogP contribution in [0.1, 0.15) is 57.7 Å². The number of ether oxygens (including phenoxy) is 1. The first kappa shape index (κ1) is 23.2. The van der Waals surface area contributed by atoms with Crippen molar-refractivity contribution in [3.05, 3.63) is 59.7 Å². The molecular formula is C27H33N3O3. The lowest BCUT2D eigenvalue weighted by Gasteiger charge is -2.36. The molecule has 0 spiro atoms. The Labute approximate surface area is 195 Å². The predicted molar refractivity (Wildman–Crippen MR) is 128 cm³/mol. The molecule has 174 valence electrons. The van der Waals surface area contributed by atoms with E-state index in [1.807, 2.05) is 31.2 Å². The molecule has 6 heteroatoms. The van der Waals surface area contributed by atoms with E-state index in [1.54, 1.807) is 0 Å². The zero-order valence-corrected chi connectivity index (χ0v) is 19.9. The number of nitrogens with one attached hydrogen (secondary N) is 1. The number of benzene rings is 2. The van der Waals surface area contributed by atoms with Gasteiger partial charge < -0.3 is 14.6 Å². The molecule has 1 N–H and O–H groups in total. The zero-order chi connectivity index (χ0) is 23.4. The Morgan fingerprint density at radius 1 is 1.06 bits per heavy atom. The molecular weight excluding hydrogens is 414 g/mol. The number of esters is 1. The van der Waals surface area contributed by atoms with E-state index in [4.69, 9.17) is 9.26 Å². The lowest BCUT2D eigenvalue weighted by atomic mass is 9.80. The smallest absolute Gasteiger partial charge is 0.309 e. The molecule has 6 nitrogen and oxygen atoms in total. The SMILES string of the molecule is CCOC(=O)C1CC(N[C@@H](C)c2ccc(-c3noc(-c4ccc(CC(C)C)cc4)n3)cc2)C1. The average molecular weight is 448 g/mol.